The molecule has 1 fully saturated rings. The lowest BCUT2D eigenvalue weighted by Gasteiger charge is -2.33. The standard InChI is InChI=1S/C12H18N4O3S/c1-15-3-5-16(6-4-15)11-7(12(18)19-2)8(13)9(20-11)10(14)17/h3-6,13H2,1-2H3,(H2,14,17). The van der Waals surface area contributed by atoms with Crippen LogP contribution < -0.4 is 16.4 Å². The number of methoxy groups -OCH3 is 1. The number of anilines is 2. The Hall–Kier alpha value is -1.80. The average molecular weight is 298 g/mol. The zero-order valence-electron chi connectivity index (χ0n) is 11.5. The fourth-order valence-corrected chi connectivity index (χ4v) is 3.26. The van der Waals surface area contributed by atoms with E-state index in [4.69, 9.17) is 16.2 Å². The molecule has 0 aliphatic carbocycles. The van der Waals surface area contributed by atoms with E-state index in [1.807, 2.05) is 11.9 Å². The van der Waals surface area contributed by atoms with Crippen LogP contribution in [0.5, 0.6) is 0 Å². The monoisotopic (exact) mass is 298 g/mol. The lowest BCUT2D eigenvalue weighted by molar-refractivity contribution is 0.0603. The van der Waals surface area contributed by atoms with Gasteiger partial charge in [-0.2, -0.15) is 0 Å². The number of esters is 1. The third-order valence-electron chi connectivity index (χ3n) is 3.33. The maximum Gasteiger partial charge on any atom is 0.343 e. The van der Waals surface area contributed by atoms with E-state index in [1.165, 1.54) is 7.11 Å². The number of ether oxygens (including phenoxy) is 1. The number of amides is 1. The smallest absolute Gasteiger partial charge is 0.343 e. The number of nitrogens with zero attached hydrogens (tertiary/aromatic N) is 2. The number of nitrogens with two attached hydrogens (primary N) is 2. The highest BCUT2D eigenvalue weighted by Crippen LogP contribution is 2.38. The number of piperazine rings is 1. The van der Waals surface area contributed by atoms with Crippen LogP contribution in [0.25, 0.3) is 0 Å². The largest absolute Gasteiger partial charge is 0.465 e. The SMILES string of the molecule is COC(=O)c1c(N2CCN(C)CC2)sc(C(N)=O)c1N. The molecule has 0 spiro atoms. The second kappa shape index (κ2) is 5.68. The summed E-state index contributed by atoms with van der Waals surface area (Å²) in [4.78, 5) is 27.8. The molecule has 1 aliphatic heterocycles. The molecule has 110 valence electrons. The molecule has 2 rings (SSSR count). The Morgan fingerprint density at radius 2 is 1.85 bits per heavy atom. The second-order valence-electron chi connectivity index (χ2n) is 4.67. The van der Waals surface area contributed by atoms with Gasteiger partial charge in [0.2, 0.25) is 0 Å². The summed E-state index contributed by atoms with van der Waals surface area (Å²) in [6.07, 6.45) is 0. The van der Waals surface area contributed by atoms with Crippen LogP contribution in [0.2, 0.25) is 0 Å². The molecule has 20 heavy (non-hydrogen) atoms. The second-order valence-corrected chi connectivity index (χ2v) is 5.67. The normalized spacial score (nSPS) is 16.2. The quantitative estimate of drug-likeness (QED) is 0.760. The molecule has 1 aromatic rings. The number of hydrogen-bond donors (Lipinski definition) is 2. The van der Waals surface area contributed by atoms with Crippen LogP contribution in [0.15, 0.2) is 0 Å². The Labute approximate surface area is 121 Å². The molecular weight excluding hydrogens is 280 g/mol. The van der Waals surface area contributed by atoms with Crippen molar-refractivity contribution in [1.29, 1.82) is 0 Å². The molecule has 0 bridgehead atoms. The molecule has 0 unspecified atom stereocenters. The molecule has 0 atom stereocenters. The molecular formula is C12H18N4O3S. The summed E-state index contributed by atoms with van der Waals surface area (Å²) in [6.45, 7) is 3.28. The Morgan fingerprint density at radius 1 is 1.25 bits per heavy atom. The van der Waals surface area contributed by atoms with E-state index in [0.29, 0.717) is 5.00 Å². The Kier molecular flexibility index (Phi) is 4.15. The maximum absolute atomic E-state index is 11.9. The summed E-state index contributed by atoms with van der Waals surface area (Å²) in [5.74, 6) is -1.17. The van der Waals surface area contributed by atoms with Gasteiger partial charge in [-0.15, -0.1) is 11.3 Å². The number of hydrogen-bond acceptors (Lipinski definition) is 7. The topological polar surface area (TPSA) is 102 Å². The minimum Gasteiger partial charge on any atom is -0.465 e. The van der Waals surface area contributed by atoms with E-state index in [-0.39, 0.29) is 16.1 Å². The van der Waals surface area contributed by atoms with Crippen LogP contribution in [-0.4, -0.2) is 57.1 Å². The van der Waals surface area contributed by atoms with Gasteiger partial charge in [-0.05, 0) is 7.05 Å². The van der Waals surface area contributed by atoms with Gasteiger partial charge in [-0.3, -0.25) is 4.79 Å². The van der Waals surface area contributed by atoms with Crippen LogP contribution in [0, 0.1) is 0 Å². The number of nitrogen functional groups attached to an aromatic ring is 1. The molecule has 1 saturated heterocycles. The number of primary amides is 1. The van der Waals surface area contributed by atoms with E-state index < -0.39 is 11.9 Å². The highest BCUT2D eigenvalue weighted by Gasteiger charge is 2.29. The van der Waals surface area contributed by atoms with Crippen molar-refractivity contribution < 1.29 is 14.3 Å². The van der Waals surface area contributed by atoms with Crippen molar-refractivity contribution in [2.75, 3.05) is 51.0 Å². The lowest BCUT2D eigenvalue weighted by atomic mass is 10.2. The zero-order valence-corrected chi connectivity index (χ0v) is 12.3. The van der Waals surface area contributed by atoms with Gasteiger partial charge in [0.15, 0.2) is 0 Å². The molecule has 2 heterocycles. The summed E-state index contributed by atoms with van der Waals surface area (Å²) in [7, 11) is 3.33. The number of carbonyl (C=O) groups excluding carboxylic acids is 2. The lowest BCUT2D eigenvalue weighted by Crippen LogP contribution is -2.44. The van der Waals surface area contributed by atoms with Crippen molar-refractivity contribution in [2.24, 2.45) is 5.73 Å². The van der Waals surface area contributed by atoms with Crippen LogP contribution in [0.3, 0.4) is 0 Å². The third kappa shape index (κ3) is 2.56. The summed E-state index contributed by atoms with van der Waals surface area (Å²) in [5, 5.41) is 0.663. The van der Waals surface area contributed by atoms with Gasteiger partial charge in [0, 0.05) is 26.2 Å². The molecule has 4 N–H and O–H groups in total. The van der Waals surface area contributed by atoms with Crippen molar-refractivity contribution in [1.82, 2.24) is 4.90 Å². The number of carbonyl (C=O) groups is 2. The van der Waals surface area contributed by atoms with Gasteiger partial charge in [0.1, 0.15) is 15.4 Å². The Morgan fingerprint density at radius 3 is 2.35 bits per heavy atom. The van der Waals surface area contributed by atoms with Gasteiger partial charge >= 0.3 is 5.97 Å². The predicted molar refractivity (Wildman–Crippen MR) is 78.3 cm³/mol. The molecule has 1 aromatic heterocycles. The van der Waals surface area contributed by atoms with Crippen LogP contribution in [0.4, 0.5) is 10.7 Å². The Balaban J connectivity index is 2.43. The van der Waals surface area contributed by atoms with Crippen LogP contribution >= 0.6 is 11.3 Å². The maximum atomic E-state index is 11.9. The fraction of sp³-hybridized carbons (Fsp3) is 0.500. The first kappa shape index (κ1) is 14.6. The predicted octanol–water partition coefficient (Wildman–Crippen LogP) is -0.0324. The van der Waals surface area contributed by atoms with Gasteiger partial charge in [0.05, 0.1) is 12.8 Å². The van der Waals surface area contributed by atoms with Crippen LogP contribution in [-0.2, 0) is 4.74 Å². The van der Waals surface area contributed by atoms with E-state index in [0.717, 1.165) is 37.5 Å². The third-order valence-corrected chi connectivity index (χ3v) is 4.61. The summed E-state index contributed by atoms with van der Waals surface area (Å²) >= 11 is 1.15. The fourth-order valence-electron chi connectivity index (χ4n) is 2.15. The first-order chi connectivity index (χ1) is 9.45. The number of rotatable bonds is 3. The minimum atomic E-state index is -0.627. The van der Waals surface area contributed by atoms with Crippen molar-refractivity contribution >= 4 is 33.9 Å². The number of likely N-dealkylation sites (N-methyl/N-ethyl adjacent to an activating group) is 1. The van der Waals surface area contributed by atoms with E-state index in [1.54, 1.807) is 0 Å². The highest BCUT2D eigenvalue weighted by molar-refractivity contribution is 7.19. The first-order valence-corrected chi connectivity index (χ1v) is 7.01. The summed E-state index contributed by atoms with van der Waals surface area (Å²) in [6, 6.07) is 0. The van der Waals surface area contributed by atoms with E-state index in [2.05, 4.69) is 4.90 Å². The van der Waals surface area contributed by atoms with Crippen molar-refractivity contribution in [2.45, 2.75) is 0 Å². The van der Waals surface area contributed by atoms with Crippen molar-refractivity contribution in [3.63, 3.8) is 0 Å². The Bertz CT molecular complexity index is 535. The highest BCUT2D eigenvalue weighted by atomic mass is 32.1. The van der Waals surface area contributed by atoms with Crippen molar-refractivity contribution in [3.8, 4) is 0 Å². The zero-order chi connectivity index (χ0) is 14.9. The molecule has 7 nitrogen and oxygen atoms in total. The van der Waals surface area contributed by atoms with Gasteiger partial charge < -0.3 is 26.0 Å². The molecule has 1 aliphatic rings. The van der Waals surface area contributed by atoms with E-state index in [9.17, 15) is 9.59 Å². The molecule has 8 heteroatoms. The summed E-state index contributed by atoms with van der Waals surface area (Å²) in [5.41, 5.74) is 11.6. The molecule has 0 aromatic carbocycles. The minimum absolute atomic E-state index is 0.114. The van der Waals surface area contributed by atoms with Crippen molar-refractivity contribution in [3.05, 3.63) is 10.4 Å². The van der Waals surface area contributed by atoms with Gasteiger partial charge in [-0.1, -0.05) is 0 Å². The van der Waals surface area contributed by atoms with E-state index >= 15 is 0 Å². The first-order valence-electron chi connectivity index (χ1n) is 6.19. The average Bonchev–Trinajstić information content (AvgIpc) is 2.76. The molecule has 0 radical (unpaired) electrons. The molecule has 0 saturated carbocycles. The van der Waals surface area contributed by atoms with Gasteiger partial charge in [0.25, 0.3) is 5.91 Å². The van der Waals surface area contributed by atoms with Crippen LogP contribution in [0.1, 0.15) is 20.0 Å². The molecule has 1 amide bonds. The number of thiophene rings is 1. The van der Waals surface area contributed by atoms with Gasteiger partial charge in [-0.25, -0.2) is 4.79 Å². The summed E-state index contributed by atoms with van der Waals surface area (Å²) < 4.78 is 4.76.